The second kappa shape index (κ2) is 7.61. The van der Waals surface area contributed by atoms with Crippen molar-refractivity contribution in [3.8, 4) is 5.69 Å². The molecule has 0 aliphatic rings. The SMILES string of the molecule is O=C(NCc1nccn1Cc1ccccc1)c1ccc(-n2cnnn2)cc1. The highest BCUT2D eigenvalue weighted by Crippen LogP contribution is 2.09. The zero-order valence-electron chi connectivity index (χ0n) is 14.4. The maximum absolute atomic E-state index is 12.4. The van der Waals surface area contributed by atoms with Crippen molar-refractivity contribution in [2.45, 2.75) is 13.1 Å². The molecule has 0 unspecified atom stereocenters. The second-order valence-corrected chi connectivity index (χ2v) is 5.94. The first-order valence-corrected chi connectivity index (χ1v) is 8.45. The summed E-state index contributed by atoms with van der Waals surface area (Å²) in [4.78, 5) is 16.8. The molecule has 0 saturated carbocycles. The van der Waals surface area contributed by atoms with Crippen molar-refractivity contribution in [1.29, 1.82) is 0 Å². The van der Waals surface area contributed by atoms with Gasteiger partial charge in [0.15, 0.2) is 0 Å². The number of tetrazole rings is 1. The molecule has 0 aliphatic heterocycles. The van der Waals surface area contributed by atoms with E-state index in [2.05, 4.69) is 38.0 Å². The quantitative estimate of drug-likeness (QED) is 0.567. The van der Waals surface area contributed by atoms with Gasteiger partial charge in [-0.15, -0.1) is 5.10 Å². The molecule has 134 valence electrons. The minimum atomic E-state index is -0.160. The lowest BCUT2D eigenvalue weighted by Crippen LogP contribution is -2.24. The van der Waals surface area contributed by atoms with Gasteiger partial charge in [-0.25, -0.2) is 9.67 Å². The van der Waals surface area contributed by atoms with Gasteiger partial charge >= 0.3 is 0 Å². The van der Waals surface area contributed by atoms with E-state index < -0.39 is 0 Å². The molecule has 4 rings (SSSR count). The Morgan fingerprint density at radius 1 is 1.04 bits per heavy atom. The van der Waals surface area contributed by atoms with Gasteiger partial charge in [0.1, 0.15) is 12.2 Å². The van der Waals surface area contributed by atoms with Crippen molar-refractivity contribution >= 4 is 5.91 Å². The standard InChI is InChI=1S/C19H17N7O/c27-19(16-6-8-17(9-7-16)26-14-22-23-24-26)21-12-18-20-10-11-25(18)13-15-4-2-1-3-5-15/h1-11,14H,12-13H2,(H,21,27). The number of hydrogen-bond donors (Lipinski definition) is 1. The van der Waals surface area contributed by atoms with E-state index in [-0.39, 0.29) is 5.91 Å². The summed E-state index contributed by atoms with van der Waals surface area (Å²) in [6.45, 7) is 1.07. The predicted molar refractivity (Wildman–Crippen MR) is 98.1 cm³/mol. The molecule has 0 atom stereocenters. The van der Waals surface area contributed by atoms with Crippen LogP contribution >= 0.6 is 0 Å². The first-order valence-electron chi connectivity index (χ1n) is 8.45. The number of carbonyl (C=O) groups is 1. The first kappa shape index (κ1) is 16.6. The number of hydrogen-bond acceptors (Lipinski definition) is 5. The molecule has 8 nitrogen and oxygen atoms in total. The number of carbonyl (C=O) groups excluding carboxylic acids is 1. The van der Waals surface area contributed by atoms with Crippen LogP contribution in [-0.4, -0.2) is 35.7 Å². The van der Waals surface area contributed by atoms with E-state index in [4.69, 9.17) is 0 Å². The fraction of sp³-hybridized carbons (Fsp3) is 0.105. The van der Waals surface area contributed by atoms with Crippen LogP contribution in [0.2, 0.25) is 0 Å². The van der Waals surface area contributed by atoms with Crippen molar-refractivity contribution in [2.24, 2.45) is 0 Å². The highest BCUT2D eigenvalue weighted by Gasteiger charge is 2.09. The molecule has 0 fully saturated rings. The lowest BCUT2D eigenvalue weighted by molar-refractivity contribution is 0.0949. The van der Waals surface area contributed by atoms with E-state index in [1.165, 1.54) is 16.6 Å². The summed E-state index contributed by atoms with van der Waals surface area (Å²) in [6.07, 6.45) is 5.16. The predicted octanol–water partition coefficient (Wildman–Crippen LogP) is 1.84. The molecular weight excluding hydrogens is 342 g/mol. The van der Waals surface area contributed by atoms with E-state index in [1.54, 1.807) is 30.5 Å². The van der Waals surface area contributed by atoms with Crippen molar-refractivity contribution in [2.75, 3.05) is 0 Å². The molecule has 0 spiro atoms. The third kappa shape index (κ3) is 3.90. The van der Waals surface area contributed by atoms with Gasteiger partial charge in [-0.1, -0.05) is 30.3 Å². The molecule has 2 aromatic heterocycles. The third-order valence-electron chi connectivity index (χ3n) is 4.15. The number of imidazole rings is 1. The first-order chi connectivity index (χ1) is 13.3. The number of benzene rings is 2. The molecule has 4 aromatic rings. The van der Waals surface area contributed by atoms with Crippen LogP contribution in [0.1, 0.15) is 21.7 Å². The van der Waals surface area contributed by atoms with E-state index >= 15 is 0 Å². The molecule has 0 radical (unpaired) electrons. The topological polar surface area (TPSA) is 90.5 Å². The monoisotopic (exact) mass is 359 g/mol. The molecule has 2 aromatic carbocycles. The Hall–Kier alpha value is -3.81. The summed E-state index contributed by atoms with van der Waals surface area (Å²) in [5, 5.41) is 13.9. The lowest BCUT2D eigenvalue weighted by atomic mass is 10.2. The fourth-order valence-electron chi connectivity index (χ4n) is 2.74. The average molecular weight is 359 g/mol. The van der Waals surface area contributed by atoms with Crippen LogP contribution in [0, 0.1) is 0 Å². The van der Waals surface area contributed by atoms with Crippen molar-refractivity contribution in [1.82, 2.24) is 35.1 Å². The normalized spacial score (nSPS) is 10.7. The van der Waals surface area contributed by atoms with E-state index in [9.17, 15) is 4.79 Å². The number of aromatic nitrogens is 6. The lowest BCUT2D eigenvalue weighted by Gasteiger charge is -2.09. The highest BCUT2D eigenvalue weighted by atomic mass is 16.1. The molecule has 1 N–H and O–H groups in total. The van der Waals surface area contributed by atoms with Gasteiger partial charge in [-0.2, -0.15) is 0 Å². The van der Waals surface area contributed by atoms with Crippen molar-refractivity contribution in [3.63, 3.8) is 0 Å². The van der Waals surface area contributed by atoms with Gasteiger partial charge in [-0.3, -0.25) is 4.79 Å². The van der Waals surface area contributed by atoms with Gasteiger partial charge < -0.3 is 9.88 Å². The largest absolute Gasteiger partial charge is 0.345 e. The van der Waals surface area contributed by atoms with Crippen LogP contribution in [0.3, 0.4) is 0 Å². The van der Waals surface area contributed by atoms with Crippen molar-refractivity contribution < 1.29 is 4.79 Å². The minimum absolute atomic E-state index is 0.160. The average Bonchev–Trinajstić information content (AvgIpc) is 3.39. The molecule has 8 heteroatoms. The molecule has 0 bridgehead atoms. The number of amides is 1. The van der Waals surface area contributed by atoms with Gasteiger partial charge in [0.05, 0.1) is 12.2 Å². The highest BCUT2D eigenvalue weighted by molar-refractivity contribution is 5.94. The maximum Gasteiger partial charge on any atom is 0.251 e. The Balaban J connectivity index is 1.39. The molecule has 2 heterocycles. The Kier molecular flexibility index (Phi) is 4.69. The van der Waals surface area contributed by atoms with Crippen LogP contribution in [-0.2, 0) is 13.1 Å². The Bertz CT molecular complexity index is 1010. The Morgan fingerprint density at radius 2 is 1.85 bits per heavy atom. The van der Waals surface area contributed by atoms with Crippen molar-refractivity contribution in [3.05, 3.63) is 90.3 Å². The number of nitrogens with zero attached hydrogens (tertiary/aromatic N) is 6. The molecule has 0 aliphatic carbocycles. The summed E-state index contributed by atoms with van der Waals surface area (Å²) in [5.74, 6) is 0.644. The number of rotatable bonds is 6. The minimum Gasteiger partial charge on any atom is -0.345 e. The zero-order chi connectivity index (χ0) is 18.5. The Labute approximate surface area is 155 Å². The van der Waals surface area contributed by atoms with Gasteiger partial charge in [0, 0.05) is 24.5 Å². The summed E-state index contributed by atoms with van der Waals surface area (Å²) in [5.41, 5.74) is 2.53. The Morgan fingerprint density at radius 3 is 2.59 bits per heavy atom. The van der Waals surface area contributed by atoms with Crippen LogP contribution in [0.5, 0.6) is 0 Å². The summed E-state index contributed by atoms with van der Waals surface area (Å²) >= 11 is 0. The van der Waals surface area contributed by atoms with Crippen LogP contribution in [0.4, 0.5) is 0 Å². The van der Waals surface area contributed by atoms with E-state index in [0.29, 0.717) is 18.7 Å². The molecule has 1 amide bonds. The van der Waals surface area contributed by atoms with Crippen LogP contribution in [0.25, 0.3) is 5.69 Å². The van der Waals surface area contributed by atoms with Gasteiger partial charge in [-0.05, 0) is 40.3 Å². The number of nitrogens with one attached hydrogen (secondary N) is 1. The van der Waals surface area contributed by atoms with E-state index in [0.717, 1.165) is 11.5 Å². The summed E-state index contributed by atoms with van der Waals surface area (Å²) in [6, 6.07) is 17.2. The van der Waals surface area contributed by atoms with Crippen LogP contribution in [0.15, 0.2) is 73.3 Å². The molecular formula is C19H17N7O. The van der Waals surface area contributed by atoms with Crippen LogP contribution < -0.4 is 5.32 Å². The smallest absolute Gasteiger partial charge is 0.251 e. The fourth-order valence-corrected chi connectivity index (χ4v) is 2.74. The second-order valence-electron chi connectivity index (χ2n) is 5.94. The molecule has 27 heavy (non-hydrogen) atoms. The molecule has 0 saturated heterocycles. The van der Waals surface area contributed by atoms with E-state index in [1.807, 2.05) is 29.0 Å². The third-order valence-corrected chi connectivity index (χ3v) is 4.15. The van der Waals surface area contributed by atoms with Gasteiger partial charge in [0.25, 0.3) is 5.91 Å². The zero-order valence-corrected chi connectivity index (χ0v) is 14.4. The summed E-state index contributed by atoms with van der Waals surface area (Å²) < 4.78 is 3.55. The van der Waals surface area contributed by atoms with Gasteiger partial charge in [0.2, 0.25) is 0 Å². The maximum atomic E-state index is 12.4. The summed E-state index contributed by atoms with van der Waals surface area (Å²) in [7, 11) is 0.